The van der Waals surface area contributed by atoms with Gasteiger partial charge in [-0.15, -0.1) is 0 Å². The number of esters is 1. The molecule has 110 valence electrons. The van der Waals surface area contributed by atoms with E-state index in [0.717, 1.165) is 12.0 Å². The van der Waals surface area contributed by atoms with Crippen molar-refractivity contribution in [3.63, 3.8) is 0 Å². The molecule has 0 aromatic heterocycles. The predicted octanol–water partition coefficient (Wildman–Crippen LogP) is 2.68. The van der Waals surface area contributed by atoms with Gasteiger partial charge in [0.05, 0.1) is 12.5 Å². The minimum absolute atomic E-state index is 0.168. The van der Waals surface area contributed by atoms with Gasteiger partial charge in [0.25, 0.3) is 0 Å². The molecular weight excluding hydrogens is 270 g/mol. The van der Waals surface area contributed by atoms with Crippen molar-refractivity contribution in [3.05, 3.63) is 48.0 Å². The van der Waals surface area contributed by atoms with E-state index < -0.39 is 0 Å². The summed E-state index contributed by atoms with van der Waals surface area (Å²) >= 11 is 0. The second kappa shape index (κ2) is 8.20. The third kappa shape index (κ3) is 5.38. The maximum atomic E-state index is 11.7. The minimum Gasteiger partial charge on any atom is -0.461 e. The summed E-state index contributed by atoms with van der Waals surface area (Å²) in [6.07, 6.45) is 4.07. The van der Waals surface area contributed by atoms with Crippen molar-refractivity contribution in [3.8, 4) is 6.07 Å². The fourth-order valence-electron chi connectivity index (χ4n) is 1.99. The van der Waals surface area contributed by atoms with Gasteiger partial charge in [0.1, 0.15) is 18.8 Å². The van der Waals surface area contributed by atoms with Crippen LogP contribution in [-0.4, -0.2) is 18.2 Å². The Kier molecular flexibility index (Phi) is 5.95. The van der Waals surface area contributed by atoms with Gasteiger partial charge < -0.3 is 4.74 Å². The van der Waals surface area contributed by atoms with Gasteiger partial charge in [0.15, 0.2) is 0 Å². The molecule has 0 amide bonds. The molecule has 5 nitrogen and oxygen atoms in total. The lowest BCUT2D eigenvalue weighted by atomic mass is 10.1. The van der Waals surface area contributed by atoms with E-state index in [1.165, 1.54) is 6.08 Å². The smallest absolute Gasteiger partial charge is 0.308 e. The summed E-state index contributed by atoms with van der Waals surface area (Å²) in [4.78, 5) is 22.0. The number of hydrogen-bond donors (Lipinski definition) is 0. The number of hydrogen-bond acceptors (Lipinski definition) is 5. The van der Waals surface area contributed by atoms with Crippen LogP contribution in [0.15, 0.2) is 42.5 Å². The zero-order valence-electron chi connectivity index (χ0n) is 11.6. The molecule has 0 spiro atoms. The molecule has 2 rings (SSSR count). The van der Waals surface area contributed by atoms with E-state index in [-0.39, 0.29) is 31.2 Å². The Labute approximate surface area is 123 Å². The second-order valence-electron chi connectivity index (χ2n) is 4.77. The van der Waals surface area contributed by atoms with Crippen molar-refractivity contribution in [1.82, 2.24) is 0 Å². The third-order valence-corrected chi connectivity index (χ3v) is 3.11. The quantitative estimate of drug-likeness (QED) is 0.473. The van der Waals surface area contributed by atoms with Crippen LogP contribution in [0.4, 0.5) is 0 Å². The lowest BCUT2D eigenvalue weighted by Gasteiger charge is -2.25. The number of rotatable bonds is 5. The summed E-state index contributed by atoms with van der Waals surface area (Å²) in [6, 6.07) is 11.4. The van der Waals surface area contributed by atoms with Gasteiger partial charge in [-0.2, -0.15) is 5.26 Å². The second-order valence-corrected chi connectivity index (χ2v) is 4.77. The number of carbonyl (C=O) groups is 1. The number of benzene rings is 1. The lowest BCUT2D eigenvalue weighted by molar-refractivity contribution is -0.363. The van der Waals surface area contributed by atoms with Gasteiger partial charge in [0, 0.05) is 6.08 Å². The van der Waals surface area contributed by atoms with Crippen molar-refractivity contribution in [2.24, 2.45) is 0 Å². The van der Waals surface area contributed by atoms with E-state index in [2.05, 4.69) is 0 Å². The van der Waals surface area contributed by atoms with E-state index in [0.29, 0.717) is 6.42 Å². The maximum Gasteiger partial charge on any atom is 0.308 e. The van der Waals surface area contributed by atoms with Crippen LogP contribution < -0.4 is 0 Å². The van der Waals surface area contributed by atoms with Gasteiger partial charge in [0.2, 0.25) is 0 Å². The predicted molar refractivity (Wildman–Crippen MR) is 74.6 cm³/mol. The summed E-state index contributed by atoms with van der Waals surface area (Å²) in [5.74, 6) is -0.307. The molecule has 0 radical (unpaired) electrons. The van der Waals surface area contributed by atoms with Gasteiger partial charge >= 0.3 is 5.97 Å². The normalized spacial score (nSPS) is 21.9. The molecule has 1 aromatic carbocycles. The standard InChI is InChI=1S/C16H17NO4/c17-10-4-7-14-8-9-15(21-20-14)11-16(18)19-12-13-5-2-1-3-6-13/h1-7,14-15H,8-9,11-12H2/t14-,15+/m1/s1. The first-order valence-electron chi connectivity index (χ1n) is 6.86. The van der Waals surface area contributed by atoms with E-state index in [1.807, 2.05) is 36.4 Å². The van der Waals surface area contributed by atoms with Crippen LogP contribution in [0.5, 0.6) is 0 Å². The summed E-state index contributed by atoms with van der Waals surface area (Å²) in [7, 11) is 0. The molecular formula is C16H17NO4. The fraction of sp³-hybridized carbons (Fsp3) is 0.375. The highest BCUT2D eigenvalue weighted by Gasteiger charge is 2.24. The van der Waals surface area contributed by atoms with Gasteiger partial charge in [-0.05, 0) is 24.5 Å². The topological polar surface area (TPSA) is 68.6 Å². The molecule has 2 atom stereocenters. The molecule has 1 heterocycles. The minimum atomic E-state index is -0.307. The average molecular weight is 287 g/mol. The van der Waals surface area contributed by atoms with Crippen molar-refractivity contribution in [2.75, 3.05) is 0 Å². The first kappa shape index (κ1) is 15.2. The Balaban J connectivity index is 1.67. The largest absolute Gasteiger partial charge is 0.461 e. The average Bonchev–Trinajstić information content (AvgIpc) is 2.53. The monoisotopic (exact) mass is 287 g/mol. The summed E-state index contributed by atoms with van der Waals surface area (Å²) in [5, 5.41) is 8.43. The van der Waals surface area contributed by atoms with Crippen LogP contribution in [0.25, 0.3) is 0 Å². The number of nitriles is 1. The fourth-order valence-corrected chi connectivity index (χ4v) is 1.99. The number of ether oxygens (including phenoxy) is 1. The van der Waals surface area contributed by atoms with Crippen LogP contribution in [0, 0.1) is 11.3 Å². The maximum absolute atomic E-state index is 11.7. The molecule has 0 unspecified atom stereocenters. The molecule has 0 aliphatic carbocycles. The highest BCUT2D eigenvalue weighted by atomic mass is 17.2. The van der Waals surface area contributed by atoms with Crippen LogP contribution in [0.3, 0.4) is 0 Å². The summed E-state index contributed by atoms with van der Waals surface area (Å²) in [6.45, 7) is 0.265. The van der Waals surface area contributed by atoms with Crippen LogP contribution in [0.2, 0.25) is 0 Å². The molecule has 0 N–H and O–H groups in total. The molecule has 1 aromatic rings. The lowest BCUT2D eigenvalue weighted by Crippen LogP contribution is -2.28. The molecule has 1 aliphatic rings. The zero-order chi connectivity index (χ0) is 14.9. The van der Waals surface area contributed by atoms with E-state index in [4.69, 9.17) is 19.8 Å². The molecule has 5 heteroatoms. The Morgan fingerprint density at radius 3 is 2.81 bits per heavy atom. The number of nitrogens with zero attached hydrogens (tertiary/aromatic N) is 1. The van der Waals surface area contributed by atoms with Gasteiger partial charge in [-0.1, -0.05) is 30.3 Å². The Bertz CT molecular complexity index is 513. The van der Waals surface area contributed by atoms with Crippen molar-refractivity contribution in [1.29, 1.82) is 5.26 Å². The molecule has 21 heavy (non-hydrogen) atoms. The molecule has 0 saturated carbocycles. The summed E-state index contributed by atoms with van der Waals surface area (Å²) in [5.41, 5.74) is 0.952. The Hall–Kier alpha value is -2.16. The van der Waals surface area contributed by atoms with Crippen LogP contribution in [0.1, 0.15) is 24.8 Å². The Morgan fingerprint density at radius 1 is 1.33 bits per heavy atom. The van der Waals surface area contributed by atoms with Crippen molar-refractivity contribution >= 4 is 5.97 Å². The molecule has 1 saturated heterocycles. The number of carbonyl (C=O) groups excluding carboxylic acids is 1. The van der Waals surface area contributed by atoms with E-state index in [1.54, 1.807) is 6.08 Å². The number of allylic oxidation sites excluding steroid dienone is 1. The summed E-state index contributed by atoms with van der Waals surface area (Å²) < 4.78 is 5.19. The van der Waals surface area contributed by atoms with Gasteiger partial charge in [-0.25, -0.2) is 9.78 Å². The third-order valence-electron chi connectivity index (χ3n) is 3.11. The van der Waals surface area contributed by atoms with Crippen LogP contribution in [-0.2, 0) is 25.9 Å². The van der Waals surface area contributed by atoms with Crippen molar-refractivity contribution in [2.45, 2.75) is 38.1 Å². The van der Waals surface area contributed by atoms with E-state index >= 15 is 0 Å². The molecule has 1 fully saturated rings. The zero-order valence-corrected chi connectivity index (χ0v) is 11.6. The Morgan fingerprint density at radius 2 is 2.14 bits per heavy atom. The molecule has 0 bridgehead atoms. The first-order chi connectivity index (χ1) is 10.3. The molecule has 1 aliphatic heterocycles. The highest BCUT2D eigenvalue weighted by molar-refractivity contribution is 5.70. The van der Waals surface area contributed by atoms with E-state index in [9.17, 15) is 4.79 Å². The van der Waals surface area contributed by atoms with Crippen molar-refractivity contribution < 1.29 is 19.3 Å². The van der Waals surface area contributed by atoms with Crippen LogP contribution >= 0.6 is 0 Å². The SMILES string of the molecule is N#CC=C[C@@H]1CC[C@@H](CC(=O)OCc2ccccc2)OO1. The first-order valence-corrected chi connectivity index (χ1v) is 6.86. The highest BCUT2D eigenvalue weighted by Crippen LogP contribution is 2.20. The van der Waals surface area contributed by atoms with Gasteiger partial charge in [-0.3, -0.25) is 4.79 Å².